The Morgan fingerprint density at radius 1 is 1.44 bits per heavy atom. The second kappa shape index (κ2) is 5.01. The van der Waals surface area contributed by atoms with E-state index in [2.05, 4.69) is 5.32 Å². The van der Waals surface area contributed by atoms with Gasteiger partial charge in [0.1, 0.15) is 5.54 Å². The van der Waals surface area contributed by atoms with Gasteiger partial charge in [-0.25, -0.2) is 0 Å². The van der Waals surface area contributed by atoms with Gasteiger partial charge in [-0.05, 0) is 31.9 Å². The standard InChI is InChI=1S/C13H20N2O/c1-4-9-13(3,12(14)16)15-11-8-6-5-7-10(11)2/h5-8,15H,4,9H2,1-3H3,(H2,14,16). The maximum Gasteiger partial charge on any atom is 0.242 e. The van der Waals surface area contributed by atoms with Gasteiger partial charge >= 0.3 is 0 Å². The topological polar surface area (TPSA) is 55.1 Å². The lowest BCUT2D eigenvalue weighted by Crippen LogP contribution is -2.47. The smallest absolute Gasteiger partial charge is 0.242 e. The number of para-hydroxylation sites is 1. The van der Waals surface area contributed by atoms with E-state index in [9.17, 15) is 4.79 Å². The summed E-state index contributed by atoms with van der Waals surface area (Å²) in [5.74, 6) is -0.308. The highest BCUT2D eigenvalue weighted by Crippen LogP contribution is 2.22. The molecule has 3 heteroatoms. The zero-order valence-corrected chi connectivity index (χ0v) is 10.2. The molecule has 3 nitrogen and oxygen atoms in total. The number of rotatable bonds is 5. The van der Waals surface area contributed by atoms with Crippen LogP contribution in [0.5, 0.6) is 0 Å². The van der Waals surface area contributed by atoms with Gasteiger partial charge in [0.15, 0.2) is 0 Å². The van der Waals surface area contributed by atoms with Gasteiger partial charge in [0, 0.05) is 5.69 Å². The van der Waals surface area contributed by atoms with E-state index in [1.165, 1.54) is 0 Å². The van der Waals surface area contributed by atoms with Crippen molar-refractivity contribution in [3.63, 3.8) is 0 Å². The van der Waals surface area contributed by atoms with Crippen LogP contribution in [0.25, 0.3) is 0 Å². The summed E-state index contributed by atoms with van der Waals surface area (Å²) in [6.07, 6.45) is 1.65. The zero-order chi connectivity index (χ0) is 12.2. The Balaban J connectivity index is 2.92. The molecule has 0 aliphatic carbocycles. The molecule has 1 aromatic rings. The van der Waals surface area contributed by atoms with E-state index in [1.807, 2.05) is 45.0 Å². The number of hydrogen-bond donors (Lipinski definition) is 2. The van der Waals surface area contributed by atoms with E-state index in [4.69, 9.17) is 5.73 Å². The molecule has 1 amide bonds. The molecule has 1 aromatic carbocycles. The summed E-state index contributed by atoms with van der Waals surface area (Å²) in [6, 6.07) is 7.90. The highest BCUT2D eigenvalue weighted by molar-refractivity contribution is 5.87. The predicted octanol–water partition coefficient (Wildman–Crippen LogP) is 2.45. The first kappa shape index (κ1) is 12.6. The molecule has 0 aromatic heterocycles. The summed E-state index contributed by atoms with van der Waals surface area (Å²) < 4.78 is 0. The molecule has 3 N–H and O–H groups in total. The average molecular weight is 220 g/mol. The summed E-state index contributed by atoms with van der Waals surface area (Å²) in [4.78, 5) is 11.5. The Morgan fingerprint density at radius 3 is 2.56 bits per heavy atom. The molecular formula is C13H20N2O. The summed E-state index contributed by atoms with van der Waals surface area (Å²) in [7, 11) is 0. The van der Waals surface area contributed by atoms with Crippen molar-refractivity contribution in [3.8, 4) is 0 Å². The average Bonchev–Trinajstić information content (AvgIpc) is 2.21. The van der Waals surface area contributed by atoms with Gasteiger partial charge in [-0.15, -0.1) is 0 Å². The van der Waals surface area contributed by atoms with Gasteiger partial charge in [-0.1, -0.05) is 31.5 Å². The van der Waals surface area contributed by atoms with E-state index in [0.29, 0.717) is 0 Å². The second-order valence-electron chi connectivity index (χ2n) is 4.39. The van der Waals surface area contributed by atoms with Crippen molar-refractivity contribution < 1.29 is 4.79 Å². The number of amides is 1. The number of carbonyl (C=O) groups excluding carboxylic acids is 1. The molecule has 0 radical (unpaired) electrons. The minimum atomic E-state index is -0.666. The molecule has 88 valence electrons. The highest BCUT2D eigenvalue weighted by Gasteiger charge is 2.29. The second-order valence-corrected chi connectivity index (χ2v) is 4.39. The van der Waals surface area contributed by atoms with Crippen molar-refractivity contribution in [1.29, 1.82) is 0 Å². The number of hydrogen-bond acceptors (Lipinski definition) is 2. The van der Waals surface area contributed by atoms with E-state index in [0.717, 1.165) is 24.1 Å². The minimum absolute atomic E-state index is 0.308. The SMILES string of the molecule is CCCC(C)(Nc1ccccc1C)C(N)=O. The monoisotopic (exact) mass is 220 g/mol. The predicted molar refractivity (Wildman–Crippen MR) is 67.3 cm³/mol. The normalized spacial score (nSPS) is 14.2. The van der Waals surface area contributed by atoms with E-state index < -0.39 is 5.54 Å². The Hall–Kier alpha value is -1.51. The Morgan fingerprint density at radius 2 is 2.06 bits per heavy atom. The van der Waals surface area contributed by atoms with Crippen LogP contribution in [0.3, 0.4) is 0 Å². The number of nitrogens with one attached hydrogen (secondary N) is 1. The summed E-state index contributed by atoms with van der Waals surface area (Å²) in [6.45, 7) is 5.90. The third kappa shape index (κ3) is 2.75. The van der Waals surface area contributed by atoms with Crippen molar-refractivity contribution in [2.45, 2.75) is 39.2 Å². The van der Waals surface area contributed by atoms with Crippen LogP contribution < -0.4 is 11.1 Å². The molecule has 0 heterocycles. The van der Waals surface area contributed by atoms with Crippen molar-refractivity contribution in [1.82, 2.24) is 0 Å². The molecular weight excluding hydrogens is 200 g/mol. The van der Waals surface area contributed by atoms with Crippen LogP contribution in [0.15, 0.2) is 24.3 Å². The van der Waals surface area contributed by atoms with Gasteiger partial charge in [-0.2, -0.15) is 0 Å². The first-order valence-electron chi connectivity index (χ1n) is 5.63. The van der Waals surface area contributed by atoms with Crippen LogP contribution in [-0.2, 0) is 4.79 Å². The number of anilines is 1. The van der Waals surface area contributed by atoms with Crippen LogP contribution in [0.2, 0.25) is 0 Å². The number of aryl methyl sites for hydroxylation is 1. The zero-order valence-electron chi connectivity index (χ0n) is 10.2. The summed E-state index contributed by atoms with van der Waals surface area (Å²) >= 11 is 0. The Bertz CT molecular complexity index is 376. The molecule has 1 unspecified atom stereocenters. The summed E-state index contributed by atoms with van der Waals surface area (Å²) in [5.41, 5.74) is 6.87. The quantitative estimate of drug-likeness (QED) is 0.800. The van der Waals surface area contributed by atoms with Crippen molar-refractivity contribution >= 4 is 11.6 Å². The number of nitrogens with two attached hydrogens (primary N) is 1. The van der Waals surface area contributed by atoms with Crippen LogP contribution >= 0.6 is 0 Å². The van der Waals surface area contributed by atoms with Gasteiger partial charge in [0.2, 0.25) is 5.91 Å². The third-order valence-electron chi connectivity index (χ3n) is 2.85. The van der Waals surface area contributed by atoms with E-state index in [1.54, 1.807) is 0 Å². The lowest BCUT2D eigenvalue weighted by molar-refractivity contribution is -0.122. The fourth-order valence-corrected chi connectivity index (χ4v) is 1.76. The number of primary amides is 1. The maximum atomic E-state index is 11.5. The molecule has 0 fully saturated rings. The maximum absolute atomic E-state index is 11.5. The lowest BCUT2D eigenvalue weighted by atomic mass is 9.94. The fraction of sp³-hybridized carbons (Fsp3) is 0.462. The molecule has 0 spiro atoms. The van der Waals surface area contributed by atoms with Gasteiger partial charge in [0.25, 0.3) is 0 Å². The van der Waals surface area contributed by atoms with E-state index in [-0.39, 0.29) is 5.91 Å². The molecule has 1 rings (SSSR count). The highest BCUT2D eigenvalue weighted by atomic mass is 16.1. The first-order chi connectivity index (χ1) is 7.49. The van der Waals surface area contributed by atoms with Gasteiger partial charge < -0.3 is 11.1 Å². The van der Waals surface area contributed by atoms with Gasteiger partial charge in [-0.3, -0.25) is 4.79 Å². The van der Waals surface area contributed by atoms with Crippen LogP contribution in [-0.4, -0.2) is 11.4 Å². The number of carbonyl (C=O) groups is 1. The molecule has 0 bridgehead atoms. The van der Waals surface area contributed by atoms with Crippen molar-refractivity contribution in [2.24, 2.45) is 5.73 Å². The molecule has 16 heavy (non-hydrogen) atoms. The molecule has 0 saturated heterocycles. The minimum Gasteiger partial charge on any atom is -0.371 e. The largest absolute Gasteiger partial charge is 0.371 e. The summed E-state index contributed by atoms with van der Waals surface area (Å²) in [5, 5.41) is 3.25. The molecule has 0 aliphatic heterocycles. The van der Waals surface area contributed by atoms with Crippen LogP contribution in [0.4, 0.5) is 5.69 Å². The van der Waals surface area contributed by atoms with Crippen LogP contribution in [0.1, 0.15) is 32.3 Å². The third-order valence-corrected chi connectivity index (χ3v) is 2.85. The Labute approximate surface area is 97.0 Å². The fourth-order valence-electron chi connectivity index (χ4n) is 1.76. The number of benzene rings is 1. The van der Waals surface area contributed by atoms with Gasteiger partial charge in [0.05, 0.1) is 0 Å². The van der Waals surface area contributed by atoms with Crippen molar-refractivity contribution in [3.05, 3.63) is 29.8 Å². The Kier molecular flexibility index (Phi) is 3.93. The molecule has 0 saturated carbocycles. The molecule has 0 aliphatic rings. The van der Waals surface area contributed by atoms with Crippen molar-refractivity contribution in [2.75, 3.05) is 5.32 Å². The molecule has 1 atom stereocenters. The van der Waals surface area contributed by atoms with Crippen LogP contribution in [0, 0.1) is 6.92 Å². The lowest BCUT2D eigenvalue weighted by Gasteiger charge is -2.29. The first-order valence-corrected chi connectivity index (χ1v) is 5.63. The van der Waals surface area contributed by atoms with E-state index >= 15 is 0 Å².